The van der Waals surface area contributed by atoms with Crippen LogP contribution in [0.4, 0.5) is 0 Å². The maximum absolute atomic E-state index is 12.0. The third-order valence-corrected chi connectivity index (χ3v) is 14.9. The molecule has 48 heavy (non-hydrogen) atoms. The topological polar surface area (TPSA) is 29.5 Å². The Morgan fingerprint density at radius 1 is 0.542 bits per heavy atom. The number of para-hydroxylation sites is 2. The molecule has 8 rings (SSSR count). The Morgan fingerprint density at radius 2 is 1.04 bits per heavy atom. The third kappa shape index (κ3) is 6.21. The normalized spacial score (nSPS) is 18.6. The summed E-state index contributed by atoms with van der Waals surface area (Å²) in [6, 6.07) is 56.4. The van der Waals surface area contributed by atoms with Crippen LogP contribution in [0.1, 0.15) is 30.4 Å². The number of hydrogen-bond acceptors (Lipinski definition) is 2. The summed E-state index contributed by atoms with van der Waals surface area (Å²) < 4.78 is 7.27. The second-order valence-electron chi connectivity index (χ2n) is 13.0. The molecule has 0 spiro atoms. The fourth-order valence-corrected chi connectivity index (χ4v) is 12.6. The van der Waals surface area contributed by atoms with Crippen LogP contribution in [-0.2, 0) is 12.8 Å². The van der Waals surface area contributed by atoms with E-state index in [4.69, 9.17) is 4.74 Å². The molecule has 3 atom stereocenters. The molecular weight excluding hydrogens is 622 g/mol. The second-order valence-corrected chi connectivity index (χ2v) is 17.4. The molecule has 1 fully saturated rings. The lowest BCUT2D eigenvalue weighted by Crippen LogP contribution is -2.44. The molecule has 0 bridgehead atoms. The van der Waals surface area contributed by atoms with E-state index in [2.05, 4.69) is 158 Å². The molecule has 1 aliphatic heterocycles. The summed E-state index contributed by atoms with van der Waals surface area (Å²) in [5.74, 6) is 2.37. The Bertz CT molecular complexity index is 1890. The van der Waals surface area contributed by atoms with E-state index in [-0.39, 0.29) is 6.10 Å². The maximum Gasteiger partial charge on any atom is 0.131 e. The highest BCUT2D eigenvalue weighted by Gasteiger charge is 2.40. The Hall–Kier alpha value is -4.22. The molecule has 1 heterocycles. The fourth-order valence-electron chi connectivity index (χ4n) is 7.82. The van der Waals surface area contributed by atoms with Gasteiger partial charge < -0.3 is 9.84 Å². The maximum atomic E-state index is 12.0. The molecule has 0 aromatic heterocycles. The smallest absolute Gasteiger partial charge is 0.131 e. The van der Waals surface area contributed by atoms with Crippen LogP contribution < -0.4 is 36.6 Å². The summed E-state index contributed by atoms with van der Waals surface area (Å²) in [5.41, 5.74) is 2.38. The lowest BCUT2D eigenvalue weighted by molar-refractivity contribution is 0.0253. The van der Waals surface area contributed by atoms with E-state index in [1.807, 2.05) is 0 Å². The predicted octanol–water partition coefficient (Wildman–Crippen LogP) is 7.87. The van der Waals surface area contributed by atoms with Crippen LogP contribution in [0, 0.1) is 11.8 Å². The van der Waals surface area contributed by atoms with Crippen molar-refractivity contribution in [1.82, 2.24) is 0 Å². The summed E-state index contributed by atoms with van der Waals surface area (Å²) in [5, 5.41) is 19.5. The SMILES string of the molecule is Oc1c(C[C@@H]2CCCC3Cc4cccc(P(c5ccccc5)c5ccccc5)c4OC32)cccc1P(c1ccccc1)c1ccccc1. The summed E-state index contributed by atoms with van der Waals surface area (Å²) in [7, 11) is -1.66. The van der Waals surface area contributed by atoms with Gasteiger partial charge in [-0.15, -0.1) is 0 Å². The van der Waals surface area contributed by atoms with E-state index in [1.54, 1.807) is 0 Å². The molecule has 1 N–H and O–H groups in total. The zero-order chi connectivity index (χ0) is 32.3. The third-order valence-electron chi connectivity index (χ3n) is 10.0. The largest absolute Gasteiger partial charge is 0.507 e. The van der Waals surface area contributed by atoms with E-state index < -0.39 is 15.8 Å². The molecule has 2 nitrogen and oxygen atoms in total. The minimum Gasteiger partial charge on any atom is -0.507 e. The highest BCUT2D eigenvalue weighted by molar-refractivity contribution is 7.80. The van der Waals surface area contributed by atoms with Gasteiger partial charge in [0.05, 0.1) is 0 Å². The van der Waals surface area contributed by atoms with Crippen molar-refractivity contribution in [2.24, 2.45) is 11.8 Å². The minimum atomic E-state index is -0.892. The van der Waals surface area contributed by atoms with Gasteiger partial charge in [0.25, 0.3) is 0 Å². The van der Waals surface area contributed by atoms with E-state index in [9.17, 15) is 5.11 Å². The molecular formula is C44H40O2P2. The second kappa shape index (κ2) is 14.1. The van der Waals surface area contributed by atoms with E-state index >= 15 is 0 Å². The van der Waals surface area contributed by atoms with Crippen molar-refractivity contribution in [2.45, 2.75) is 38.2 Å². The standard InChI is InChI=1S/C44H40O2P2/c45-42-32(16-14-28-40(42)47(36-20-5-1-6-21-36)37-22-7-2-8-23-37)30-33-17-13-18-34-31-35-19-15-29-41(44(35)46-43(33)34)48(38-24-9-3-10-25-38)39-26-11-4-12-27-39/h1-12,14-16,19-29,33-34,43,45H,13,17-18,30-31H2/t33-,34?,43?/m0/s1. The van der Waals surface area contributed by atoms with Gasteiger partial charge in [-0.1, -0.05) is 164 Å². The van der Waals surface area contributed by atoms with Crippen LogP contribution in [0.25, 0.3) is 0 Å². The van der Waals surface area contributed by atoms with Crippen LogP contribution in [0.3, 0.4) is 0 Å². The van der Waals surface area contributed by atoms with E-state index in [1.165, 1.54) is 44.9 Å². The number of fused-ring (bicyclic) bond motifs is 2. The Labute approximate surface area is 287 Å². The number of ether oxygens (including phenoxy) is 1. The molecule has 0 saturated heterocycles. The van der Waals surface area contributed by atoms with Gasteiger partial charge in [-0.05, 0) is 73.9 Å². The molecule has 6 aromatic carbocycles. The van der Waals surface area contributed by atoms with Gasteiger partial charge in [0, 0.05) is 22.4 Å². The van der Waals surface area contributed by atoms with Crippen molar-refractivity contribution >= 4 is 47.7 Å². The van der Waals surface area contributed by atoms with Crippen LogP contribution in [0.15, 0.2) is 158 Å². The van der Waals surface area contributed by atoms with Gasteiger partial charge in [0.2, 0.25) is 0 Å². The van der Waals surface area contributed by atoms with Crippen molar-refractivity contribution in [3.63, 3.8) is 0 Å². The van der Waals surface area contributed by atoms with Gasteiger partial charge in [0.15, 0.2) is 0 Å². The van der Waals surface area contributed by atoms with Gasteiger partial charge in [0.1, 0.15) is 17.6 Å². The van der Waals surface area contributed by atoms with Gasteiger partial charge in [-0.3, -0.25) is 0 Å². The molecule has 1 aliphatic carbocycles. The first-order valence-electron chi connectivity index (χ1n) is 17.1. The van der Waals surface area contributed by atoms with Crippen LogP contribution in [-0.4, -0.2) is 11.2 Å². The number of rotatable bonds is 8. The van der Waals surface area contributed by atoms with Crippen molar-refractivity contribution in [1.29, 1.82) is 0 Å². The number of phenolic OH excluding ortho intramolecular Hbond substituents is 1. The number of phenols is 1. The summed E-state index contributed by atoms with van der Waals surface area (Å²) in [4.78, 5) is 0. The lowest BCUT2D eigenvalue weighted by Gasteiger charge is -2.43. The first kappa shape index (κ1) is 31.1. The van der Waals surface area contributed by atoms with Gasteiger partial charge >= 0.3 is 0 Å². The average molecular weight is 663 g/mol. The number of hydrogen-bond donors (Lipinski definition) is 1. The van der Waals surface area contributed by atoms with Crippen molar-refractivity contribution < 1.29 is 9.84 Å². The van der Waals surface area contributed by atoms with Crippen molar-refractivity contribution in [3.05, 3.63) is 169 Å². The molecule has 6 aromatic rings. The monoisotopic (exact) mass is 662 g/mol. The zero-order valence-corrected chi connectivity index (χ0v) is 28.8. The molecule has 1 saturated carbocycles. The Kier molecular flexibility index (Phi) is 9.13. The first-order valence-corrected chi connectivity index (χ1v) is 19.8. The van der Waals surface area contributed by atoms with E-state index in [0.717, 1.165) is 35.9 Å². The fraction of sp³-hybridized carbons (Fsp3) is 0.182. The number of benzene rings is 6. The molecule has 0 amide bonds. The average Bonchev–Trinajstić information content (AvgIpc) is 3.15. The number of aromatic hydroxyl groups is 1. The first-order chi connectivity index (χ1) is 23.7. The summed E-state index contributed by atoms with van der Waals surface area (Å²) in [6.45, 7) is 0. The summed E-state index contributed by atoms with van der Waals surface area (Å²) >= 11 is 0. The Morgan fingerprint density at radius 3 is 1.60 bits per heavy atom. The quantitative estimate of drug-likeness (QED) is 0.168. The molecule has 238 valence electrons. The lowest BCUT2D eigenvalue weighted by atomic mass is 9.72. The van der Waals surface area contributed by atoms with Gasteiger partial charge in [-0.2, -0.15) is 0 Å². The summed E-state index contributed by atoms with van der Waals surface area (Å²) in [6.07, 6.45) is 5.50. The molecule has 0 radical (unpaired) electrons. The van der Waals surface area contributed by atoms with Crippen molar-refractivity contribution in [2.75, 3.05) is 0 Å². The van der Waals surface area contributed by atoms with Gasteiger partial charge in [-0.25, -0.2) is 0 Å². The highest BCUT2D eigenvalue weighted by Crippen LogP contribution is 2.46. The molecule has 2 aliphatic rings. The molecule has 4 heteroatoms. The van der Waals surface area contributed by atoms with Crippen LogP contribution in [0.2, 0.25) is 0 Å². The Balaban J connectivity index is 1.14. The minimum absolute atomic E-state index is 0.128. The molecule has 2 unspecified atom stereocenters. The predicted molar refractivity (Wildman–Crippen MR) is 205 cm³/mol. The van der Waals surface area contributed by atoms with Crippen LogP contribution in [0.5, 0.6) is 11.5 Å². The van der Waals surface area contributed by atoms with E-state index in [0.29, 0.717) is 17.6 Å². The zero-order valence-electron chi connectivity index (χ0n) is 27.0. The van der Waals surface area contributed by atoms with Crippen LogP contribution >= 0.6 is 15.8 Å². The van der Waals surface area contributed by atoms with Crippen molar-refractivity contribution in [3.8, 4) is 11.5 Å². The highest BCUT2D eigenvalue weighted by atomic mass is 31.1.